The third kappa shape index (κ3) is 1.62. The van der Waals surface area contributed by atoms with E-state index in [0.717, 1.165) is 25.6 Å². The Bertz CT molecular complexity index is 290. The fourth-order valence-electron chi connectivity index (χ4n) is 1.82. The van der Waals surface area contributed by atoms with Crippen molar-refractivity contribution in [2.45, 2.75) is 19.4 Å². The summed E-state index contributed by atoms with van der Waals surface area (Å²) in [5, 5.41) is 3.30. The molecule has 1 aliphatic rings. The third-order valence-corrected chi connectivity index (χ3v) is 2.72. The molecule has 4 heteroatoms. The van der Waals surface area contributed by atoms with Crippen molar-refractivity contribution in [3.8, 4) is 0 Å². The first-order valence-electron chi connectivity index (χ1n) is 5.27. The standard InChI is InChI=1S/C10H18N4/c1-3-5-14(9-7-11-8-9)10-12-4-6-13(10)2/h4,6,9,11H,3,5,7-8H2,1-2H3. The van der Waals surface area contributed by atoms with Crippen molar-refractivity contribution in [1.82, 2.24) is 14.9 Å². The Balaban J connectivity index is 2.13. The van der Waals surface area contributed by atoms with E-state index in [1.165, 1.54) is 6.42 Å². The Morgan fingerprint density at radius 3 is 2.86 bits per heavy atom. The van der Waals surface area contributed by atoms with Gasteiger partial charge in [-0.2, -0.15) is 0 Å². The quantitative estimate of drug-likeness (QED) is 0.762. The van der Waals surface area contributed by atoms with Crippen molar-refractivity contribution in [2.24, 2.45) is 7.05 Å². The summed E-state index contributed by atoms with van der Waals surface area (Å²) in [7, 11) is 2.05. The van der Waals surface area contributed by atoms with Gasteiger partial charge in [0.25, 0.3) is 0 Å². The van der Waals surface area contributed by atoms with Crippen LogP contribution in [0, 0.1) is 0 Å². The highest BCUT2D eigenvalue weighted by Gasteiger charge is 2.26. The van der Waals surface area contributed by atoms with E-state index < -0.39 is 0 Å². The van der Waals surface area contributed by atoms with Crippen LogP contribution in [0.15, 0.2) is 12.4 Å². The Morgan fingerprint density at radius 2 is 2.43 bits per heavy atom. The molecular weight excluding hydrogens is 176 g/mol. The molecule has 1 aromatic heterocycles. The fraction of sp³-hybridized carbons (Fsp3) is 0.700. The van der Waals surface area contributed by atoms with E-state index in [1.54, 1.807) is 0 Å². The highest BCUT2D eigenvalue weighted by atomic mass is 15.3. The van der Waals surface area contributed by atoms with E-state index in [2.05, 4.69) is 33.7 Å². The van der Waals surface area contributed by atoms with Crippen molar-refractivity contribution in [3.63, 3.8) is 0 Å². The van der Waals surface area contributed by atoms with Crippen molar-refractivity contribution in [3.05, 3.63) is 12.4 Å². The minimum absolute atomic E-state index is 0.635. The van der Waals surface area contributed by atoms with Crippen LogP contribution in [0.5, 0.6) is 0 Å². The molecule has 14 heavy (non-hydrogen) atoms. The van der Waals surface area contributed by atoms with Crippen molar-refractivity contribution < 1.29 is 0 Å². The fourth-order valence-corrected chi connectivity index (χ4v) is 1.82. The second-order valence-electron chi connectivity index (χ2n) is 3.84. The van der Waals surface area contributed by atoms with Crippen LogP contribution in [-0.4, -0.2) is 35.2 Å². The number of anilines is 1. The largest absolute Gasteiger partial charge is 0.337 e. The molecule has 0 saturated carbocycles. The summed E-state index contributed by atoms with van der Waals surface area (Å²) < 4.78 is 2.09. The summed E-state index contributed by atoms with van der Waals surface area (Å²) in [4.78, 5) is 6.80. The minimum Gasteiger partial charge on any atom is -0.337 e. The molecule has 1 N–H and O–H groups in total. The summed E-state index contributed by atoms with van der Waals surface area (Å²) >= 11 is 0. The van der Waals surface area contributed by atoms with Gasteiger partial charge < -0.3 is 14.8 Å². The Morgan fingerprint density at radius 1 is 1.64 bits per heavy atom. The second kappa shape index (κ2) is 4.00. The van der Waals surface area contributed by atoms with E-state index in [4.69, 9.17) is 0 Å². The normalized spacial score (nSPS) is 16.7. The molecule has 78 valence electrons. The number of imidazole rings is 1. The predicted molar refractivity (Wildman–Crippen MR) is 57.5 cm³/mol. The van der Waals surface area contributed by atoms with Crippen LogP contribution in [0.1, 0.15) is 13.3 Å². The number of nitrogens with zero attached hydrogens (tertiary/aromatic N) is 3. The van der Waals surface area contributed by atoms with Gasteiger partial charge in [-0.15, -0.1) is 0 Å². The van der Waals surface area contributed by atoms with E-state index in [1.807, 2.05) is 12.4 Å². The van der Waals surface area contributed by atoms with Crippen LogP contribution in [0.3, 0.4) is 0 Å². The molecule has 0 radical (unpaired) electrons. The van der Waals surface area contributed by atoms with E-state index in [0.29, 0.717) is 6.04 Å². The highest BCUT2D eigenvalue weighted by Crippen LogP contribution is 2.16. The summed E-state index contributed by atoms with van der Waals surface area (Å²) in [6, 6.07) is 0.635. The predicted octanol–water partition coefficient (Wildman–Crippen LogP) is 0.608. The molecular formula is C10H18N4. The number of rotatable bonds is 4. The molecule has 1 fully saturated rings. The zero-order chi connectivity index (χ0) is 9.97. The molecule has 1 aliphatic heterocycles. The zero-order valence-electron chi connectivity index (χ0n) is 8.90. The first-order valence-corrected chi connectivity index (χ1v) is 5.27. The summed E-state index contributed by atoms with van der Waals surface area (Å²) in [6.45, 7) is 5.49. The van der Waals surface area contributed by atoms with E-state index in [-0.39, 0.29) is 0 Å². The van der Waals surface area contributed by atoms with Gasteiger partial charge in [0.1, 0.15) is 0 Å². The molecule has 1 saturated heterocycles. The molecule has 4 nitrogen and oxygen atoms in total. The summed E-state index contributed by atoms with van der Waals surface area (Å²) in [6.07, 6.45) is 5.04. The van der Waals surface area contributed by atoms with Gasteiger partial charge >= 0.3 is 0 Å². The van der Waals surface area contributed by atoms with Crippen molar-refractivity contribution in [1.29, 1.82) is 0 Å². The maximum absolute atomic E-state index is 4.40. The van der Waals surface area contributed by atoms with Crippen LogP contribution in [0.25, 0.3) is 0 Å². The molecule has 0 bridgehead atoms. The van der Waals surface area contributed by atoms with Crippen molar-refractivity contribution in [2.75, 3.05) is 24.5 Å². The Hall–Kier alpha value is -1.03. The second-order valence-corrected chi connectivity index (χ2v) is 3.84. The molecule has 0 spiro atoms. The maximum Gasteiger partial charge on any atom is 0.205 e. The Labute approximate surface area is 84.9 Å². The van der Waals surface area contributed by atoms with Crippen LogP contribution in [-0.2, 0) is 7.05 Å². The van der Waals surface area contributed by atoms with Gasteiger partial charge in [-0.1, -0.05) is 6.92 Å². The topological polar surface area (TPSA) is 33.1 Å². The summed E-state index contributed by atoms with van der Waals surface area (Å²) in [5.41, 5.74) is 0. The van der Waals surface area contributed by atoms with Gasteiger partial charge in [-0.3, -0.25) is 0 Å². The lowest BCUT2D eigenvalue weighted by molar-refractivity contribution is 0.406. The first kappa shape index (κ1) is 9.52. The van der Waals surface area contributed by atoms with Gasteiger partial charge in [0.2, 0.25) is 5.95 Å². The molecule has 1 aromatic rings. The lowest BCUT2D eigenvalue weighted by Gasteiger charge is -2.38. The van der Waals surface area contributed by atoms with Gasteiger partial charge in [0.05, 0.1) is 6.04 Å². The Kier molecular flexibility index (Phi) is 2.72. The SMILES string of the molecule is CCCN(c1nccn1C)C1CNC1. The molecule has 2 rings (SSSR count). The lowest BCUT2D eigenvalue weighted by Crippen LogP contribution is -2.58. The third-order valence-electron chi connectivity index (χ3n) is 2.72. The van der Waals surface area contributed by atoms with Crippen molar-refractivity contribution >= 4 is 5.95 Å². The lowest BCUT2D eigenvalue weighted by atomic mass is 10.1. The number of hydrogen-bond donors (Lipinski definition) is 1. The van der Waals surface area contributed by atoms with Crippen LogP contribution >= 0.6 is 0 Å². The number of nitrogens with one attached hydrogen (secondary N) is 1. The minimum atomic E-state index is 0.635. The highest BCUT2D eigenvalue weighted by molar-refractivity contribution is 5.34. The van der Waals surface area contributed by atoms with E-state index in [9.17, 15) is 0 Å². The number of aromatic nitrogens is 2. The maximum atomic E-state index is 4.40. The van der Waals surface area contributed by atoms with Gasteiger partial charge in [0.15, 0.2) is 0 Å². The molecule has 0 unspecified atom stereocenters. The molecule has 0 amide bonds. The number of aryl methyl sites for hydroxylation is 1. The van der Waals surface area contributed by atoms with Crippen LogP contribution < -0.4 is 10.2 Å². The van der Waals surface area contributed by atoms with Crippen LogP contribution in [0.4, 0.5) is 5.95 Å². The molecule has 0 aromatic carbocycles. The zero-order valence-corrected chi connectivity index (χ0v) is 8.90. The molecule has 2 heterocycles. The summed E-state index contributed by atoms with van der Waals surface area (Å²) in [5.74, 6) is 1.10. The van der Waals surface area contributed by atoms with Gasteiger partial charge in [0, 0.05) is 39.1 Å². The number of hydrogen-bond acceptors (Lipinski definition) is 3. The van der Waals surface area contributed by atoms with Gasteiger partial charge in [-0.05, 0) is 6.42 Å². The van der Waals surface area contributed by atoms with E-state index >= 15 is 0 Å². The van der Waals surface area contributed by atoms with Crippen LogP contribution in [0.2, 0.25) is 0 Å². The van der Waals surface area contributed by atoms with Gasteiger partial charge in [-0.25, -0.2) is 4.98 Å². The molecule has 0 aliphatic carbocycles. The smallest absolute Gasteiger partial charge is 0.205 e. The monoisotopic (exact) mass is 194 g/mol. The first-order chi connectivity index (χ1) is 6.83. The average Bonchev–Trinajstić information content (AvgIpc) is 2.47. The molecule has 0 atom stereocenters. The average molecular weight is 194 g/mol.